The second-order valence-electron chi connectivity index (χ2n) is 5.59. The third kappa shape index (κ3) is 3.51. The highest BCUT2D eigenvalue weighted by molar-refractivity contribution is 5.22. The van der Waals surface area contributed by atoms with Gasteiger partial charge in [-0.15, -0.1) is 0 Å². The molecule has 3 nitrogen and oxygen atoms in total. The molecule has 2 atom stereocenters. The smallest absolute Gasteiger partial charge is 0.194 e. The predicted octanol–water partition coefficient (Wildman–Crippen LogP) is 3.56. The first-order valence-corrected chi connectivity index (χ1v) is 6.88. The van der Waals surface area contributed by atoms with Crippen LogP contribution in [0.5, 0.6) is 0 Å². The van der Waals surface area contributed by atoms with Crippen LogP contribution in [0.1, 0.15) is 37.0 Å². The van der Waals surface area contributed by atoms with E-state index in [0.29, 0.717) is 11.5 Å². The molecule has 2 aromatic rings. The summed E-state index contributed by atoms with van der Waals surface area (Å²) in [7, 11) is 0. The number of benzene rings is 1. The van der Waals surface area contributed by atoms with Crippen LogP contribution < -0.4 is 5.32 Å². The van der Waals surface area contributed by atoms with Gasteiger partial charge in [-0.05, 0) is 50.6 Å². The number of halogens is 3. The van der Waals surface area contributed by atoms with E-state index >= 15 is 0 Å². The van der Waals surface area contributed by atoms with Gasteiger partial charge in [0.1, 0.15) is 17.1 Å². The molecule has 0 radical (unpaired) electrons. The fourth-order valence-electron chi connectivity index (χ4n) is 2.11. The fraction of sp³-hybridized carbons (Fsp3) is 0.375. The molecule has 0 aliphatic carbocycles. The lowest BCUT2D eigenvalue weighted by Crippen LogP contribution is -2.36. The largest absolute Gasteiger partial charge is 0.463 e. The van der Waals surface area contributed by atoms with E-state index in [1.54, 1.807) is 32.9 Å². The molecule has 0 aliphatic rings. The Morgan fingerprint density at radius 2 is 1.82 bits per heavy atom. The summed E-state index contributed by atoms with van der Waals surface area (Å²) in [4.78, 5) is 0. The van der Waals surface area contributed by atoms with Gasteiger partial charge >= 0.3 is 0 Å². The molecule has 0 aliphatic heterocycles. The Labute approximate surface area is 126 Å². The van der Waals surface area contributed by atoms with Crippen molar-refractivity contribution in [2.75, 3.05) is 6.54 Å². The number of aryl methyl sites for hydroxylation is 1. The quantitative estimate of drug-likeness (QED) is 0.830. The maximum absolute atomic E-state index is 13.2. The second kappa shape index (κ2) is 6.14. The van der Waals surface area contributed by atoms with Gasteiger partial charge in [-0.1, -0.05) is 0 Å². The molecule has 120 valence electrons. The van der Waals surface area contributed by atoms with Crippen LogP contribution in [0.3, 0.4) is 0 Å². The summed E-state index contributed by atoms with van der Waals surface area (Å²) < 4.78 is 44.8. The van der Waals surface area contributed by atoms with Crippen LogP contribution >= 0.6 is 0 Å². The Kier molecular flexibility index (Phi) is 4.63. The van der Waals surface area contributed by atoms with E-state index in [9.17, 15) is 18.3 Å². The Morgan fingerprint density at radius 1 is 1.23 bits per heavy atom. The maximum Gasteiger partial charge on any atom is 0.194 e. The number of nitrogens with one attached hydrogen (secondary N) is 1. The summed E-state index contributed by atoms with van der Waals surface area (Å²) in [6.07, 6.45) is 0. The standard InChI is InChI=1S/C16H18F3NO2/c1-9-4-5-14(22-9)16(3,21)8-20-10(2)11-6-12(17)15(19)13(18)7-11/h4-7,10,20-21H,8H2,1-3H3. The molecule has 0 saturated heterocycles. The molecule has 0 bridgehead atoms. The van der Waals surface area contributed by atoms with Crippen LogP contribution in [-0.4, -0.2) is 11.7 Å². The zero-order chi connectivity index (χ0) is 16.5. The van der Waals surface area contributed by atoms with E-state index in [0.717, 1.165) is 12.1 Å². The van der Waals surface area contributed by atoms with E-state index in [-0.39, 0.29) is 12.1 Å². The first-order valence-electron chi connectivity index (χ1n) is 6.88. The van der Waals surface area contributed by atoms with Crippen LogP contribution in [-0.2, 0) is 5.60 Å². The summed E-state index contributed by atoms with van der Waals surface area (Å²) >= 11 is 0. The highest BCUT2D eigenvalue weighted by Crippen LogP contribution is 2.24. The van der Waals surface area contributed by atoms with Crippen LogP contribution in [0.25, 0.3) is 0 Å². The zero-order valence-electron chi connectivity index (χ0n) is 12.6. The van der Waals surface area contributed by atoms with Crippen molar-refractivity contribution in [2.24, 2.45) is 0 Å². The molecule has 6 heteroatoms. The van der Waals surface area contributed by atoms with Gasteiger partial charge in [-0.3, -0.25) is 0 Å². The van der Waals surface area contributed by atoms with Gasteiger partial charge in [0, 0.05) is 12.6 Å². The fourth-order valence-corrected chi connectivity index (χ4v) is 2.11. The molecule has 0 spiro atoms. The minimum atomic E-state index is -1.49. The van der Waals surface area contributed by atoms with Gasteiger partial charge in [0.2, 0.25) is 0 Å². The van der Waals surface area contributed by atoms with Gasteiger partial charge in [0.05, 0.1) is 0 Å². The maximum atomic E-state index is 13.2. The normalized spacial score (nSPS) is 15.6. The van der Waals surface area contributed by atoms with E-state index in [1.165, 1.54) is 0 Å². The number of rotatable bonds is 5. The van der Waals surface area contributed by atoms with Crippen molar-refractivity contribution in [3.05, 3.63) is 58.8 Å². The van der Waals surface area contributed by atoms with Gasteiger partial charge < -0.3 is 14.8 Å². The molecule has 0 fully saturated rings. The molecular formula is C16H18F3NO2. The number of aliphatic hydroxyl groups is 1. The molecule has 22 heavy (non-hydrogen) atoms. The molecule has 0 saturated carbocycles. The molecule has 0 amide bonds. The Hall–Kier alpha value is -1.79. The van der Waals surface area contributed by atoms with Gasteiger partial charge in [-0.2, -0.15) is 0 Å². The van der Waals surface area contributed by atoms with Crippen LogP contribution in [0, 0.1) is 24.4 Å². The Morgan fingerprint density at radius 3 is 2.32 bits per heavy atom. The molecule has 1 aromatic heterocycles. The number of furan rings is 1. The average Bonchev–Trinajstić information content (AvgIpc) is 2.89. The average molecular weight is 313 g/mol. The highest BCUT2D eigenvalue weighted by Gasteiger charge is 2.27. The van der Waals surface area contributed by atoms with E-state index in [2.05, 4.69) is 5.32 Å². The third-order valence-corrected chi connectivity index (χ3v) is 3.53. The van der Waals surface area contributed by atoms with E-state index < -0.39 is 29.1 Å². The molecule has 1 heterocycles. The minimum Gasteiger partial charge on any atom is -0.463 e. The monoisotopic (exact) mass is 313 g/mol. The summed E-state index contributed by atoms with van der Waals surface area (Å²) in [6.45, 7) is 5.09. The molecule has 2 rings (SSSR count). The van der Waals surface area contributed by atoms with Crippen LogP contribution in [0.15, 0.2) is 28.7 Å². The van der Waals surface area contributed by atoms with Gasteiger partial charge in [-0.25, -0.2) is 13.2 Å². The molecular weight excluding hydrogens is 295 g/mol. The summed E-state index contributed by atoms with van der Waals surface area (Å²) in [5.74, 6) is -2.91. The third-order valence-electron chi connectivity index (χ3n) is 3.53. The number of hydrogen-bond acceptors (Lipinski definition) is 3. The summed E-state index contributed by atoms with van der Waals surface area (Å²) in [5, 5.41) is 13.3. The molecule has 1 aromatic carbocycles. The summed E-state index contributed by atoms with van der Waals surface area (Å²) in [5.41, 5.74) is -1.03. The lowest BCUT2D eigenvalue weighted by atomic mass is 10.0. The van der Waals surface area contributed by atoms with Gasteiger partial charge in [0.15, 0.2) is 17.5 Å². The van der Waals surface area contributed by atoms with E-state index in [1.807, 2.05) is 0 Å². The second-order valence-corrected chi connectivity index (χ2v) is 5.59. The van der Waals surface area contributed by atoms with Crippen molar-refractivity contribution in [2.45, 2.75) is 32.4 Å². The first kappa shape index (κ1) is 16.6. The van der Waals surface area contributed by atoms with Crippen molar-refractivity contribution in [1.82, 2.24) is 5.32 Å². The first-order chi connectivity index (χ1) is 10.2. The Balaban J connectivity index is 2.08. The topological polar surface area (TPSA) is 45.4 Å². The molecule has 2 unspecified atom stereocenters. The SMILES string of the molecule is Cc1ccc(C(C)(O)CNC(C)c2cc(F)c(F)c(F)c2)o1. The summed E-state index contributed by atoms with van der Waals surface area (Å²) in [6, 6.07) is 4.78. The van der Waals surface area contributed by atoms with Crippen molar-refractivity contribution >= 4 is 0 Å². The van der Waals surface area contributed by atoms with Crippen molar-refractivity contribution in [1.29, 1.82) is 0 Å². The lowest BCUT2D eigenvalue weighted by Gasteiger charge is -2.24. The van der Waals surface area contributed by atoms with Crippen LogP contribution in [0.4, 0.5) is 13.2 Å². The van der Waals surface area contributed by atoms with Crippen LogP contribution in [0.2, 0.25) is 0 Å². The molecule has 2 N–H and O–H groups in total. The van der Waals surface area contributed by atoms with Gasteiger partial charge in [0.25, 0.3) is 0 Å². The minimum absolute atomic E-state index is 0.0989. The van der Waals surface area contributed by atoms with Crippen molar-refractivity contribution in [3.63, 3.8) is 0 Å². The predicted molar refractivity (Wildman–Crippen MR) is 75.7 cm³/mol. The lowest BCUT2D eigenvalue weighted by molar-refractivity contribution is 0.0312. The Bertz CT molecular complexity index is 644. The van der Waals surface area contributed by atoms with E-state index in [4.69, 9.17) is 4.42 Å². The zero-order valence-corrected chi connectivity index (χ0v) is 12.6. The number of hydrogen-bond donors (Lipinski definition) is 2. The highest BCUT2D eigenvalue weighted by atomic mass is 19.2. The van der Waals surface area contributed by atoms with Crippen molar-refractivity contribution < 1.29 is 22.7 Å². The van der Waals surface area contributed by atoms with Crippen molar-refractivity contribution in [3.8, 4) is 0 Å².